The van der Waals surface area contributed by atoms with E-state index in [0.29, 0.717) is 0 Å². The molecule has 2 N–H and O–H groups in total. The van der Waals surface area contributed by atoms with Crippen LogP contribution in [0.1, 0.15) is 6.42 Å². The van der Waals surface area contributed by atoms with Crippen LogP contribution in [0, 0.1) is 0 Å². The zero-order chi connectivity index (χ0) is 23.9. The Balaban J connectivity index is -0.000000402. The quantitative estimate of drug-likeness (QED) is 0.366. The van der Waals surface area contributed by atoms with Gasteiger partial charge >= 0.3 is 0 Å². The second kappa shape index (κ2) is 15.6. The first kappa shape index (κ1) is 33.5. The third kappa shape index (κ3) is 24.0. The van der Waals surface area contributed by atoms with E-state index in [1.165, 1.54) is 0 Å². The van der Waals surface area contributed by atoms with Crippen molar-refractivity contribution in [1.82, 2.24) is 0 Å². The first-order valence-electron chi connectivity index (χ1n) is 7.80. The third-order valence-electron chi connectivity index (χ3n) is 2.83. The lowest BCUT2D eigenvalue weighted by Crippen LogP contribution is -2.30. The largest absolute Gasteiger partial charge is 0.329 e. The van der Waals surface area contributed by atoms with Crippen LogP contribution in [0.3, 0.4) is 0 Å². The van der Waals surface area contributed by atoms with Gasteiger partial charge in [0, 0.05) is 41.6 Å². The molecule has 0 spiro atoms. The molecule has 0 saturated heterocycles. The molecular formula is C14H29Cl2NO8S4. The van der Waals surface area contributed by atoms with Crippen LogP contribution in [0.4, 0.5) is 0 Å². The molecule has 1 unspecified atom stereocenters. The molecule has 176 valence electrons. The molecule has 29 heavy (non-hydrogen) atoms. The minimum absolute atomic E-state index is 0.0425. The lowest BCUT2D eigenvalue weighted by Gasteiger charge is -2.11. The average molecular weight is 539 g/mol. The maximum Gasteiger partial charge on any atom is 0.175 e. The van der Waals surface area contributed by atoms with Gasteiger partial charge in [-0.05, 0) is 6.42 Å². The van der Waals surface area contributed by atoms with E-state index < -0.39 is 44.6 Å². The maximum atomic E-state index is 11.3. The summed E-state index contributed by atoms with van der Waals surface area (Å²) in [5.41, 5.74) is 5.26. The number of sulfone groups is 4. The molecule has 0 amide bonds. The zero-order valence-electron chi connectivity index (χ0n) is 16.3. The summed E-state index contributed by atoms with van der Waals surface area (Å²) in [5.74, 6) is 0.270. The predicted molar refractivity (Wildman–Crippen MR) is 121 cm³/mol. The van der Waals surface area contributed by atoms with Gasteiger partial charge in [-0.2, -0.15) is 0 Å². The molecule has 0 aromatic rings. The second-order valence-electron chi connectivity index (χ2n) is 5.57. The van der Waals surface area contributed by atoms with Gasteiger partial charge in [0.1, 0.15) is 19.7 Å². The fourth-order valence-electron chi connectivity index (χ4n) is 1.21. The Morgan fingerprint density at radius 2 is 1.17 bits per heavy atom. The topological polar surface area (TPSA) is 163 Å². The molecule has 0 aromatic carbocycles. The molecule has 1 atom stereocenters. The number of rotatable bonds is 11. The molecule has 0 bridgehead atoms. The molecule has 0 radical (unpaired) electrons. The summed E-state index contributed by atoms with van der Waals surface area (Å²) in [7, 11) is -12.5. The van der Waals surface area contributed by atoms with Gasteiger partial charge in [-0.1, -0.05) is 13.2 Å². The highest BCUT2D eigenvalue weighted by Crippen LogP contribution is 2.09. The van der Waals surface area contributed by atoms with Gasteiger partial charge in [-0.15, -0.1) is 23.2 Å². The molecule has 9 nitrogen and oxygen atoms in total. The van der Waals surface area contributed by atoms with Crippen LogP contribution in [-0.2, 0) is 39.3 Å². The number of halogens is 2. The molecule has 0 aliphatic carbocycles. The van der Waals surface area contributed by atoms with Gasteiger partial charge in [0.25, 0.3) is 0 Å². The van der Waals surface area contributed by atoms with E-state index in [0.717, 1.165) is 23.3 Å². The summed E-state index contributed by atoms with van der Waals surface area (Å²) in [6.07, 6.45) is 2.28. The van der Waals surface area contributed by atoms with Crippen LogP contribution < -0.4 is 5.73 Å². The minimum Gasteiger partial charge on any atom is -0.329 e. The van der Waals surface area contributed by atoms with Crippen molar-refractivity contribution in [3.63, 3.8) is 0 Å². The maximum absolute atomic E-state index is 11.3. The Labute approximate surface area is 185 Å². The summed E-state index contributed by atoms with van der Waals surface area (Å²) in [5, 5.41) is 0.705. The fraction of sp³-hybridized carbons (Fsp3) is 0.714. The summed E-state index contributed by atoms with van der Waals surface area (Å²) in [6.45, 7) is 6.16. The van der Waals surface area contributed by atoms with Crippen LogP contribution in [-0.4, -0.2) is 87.0 Å². The number of hydrogen-bond acceptors (Lipinski definition) is 9. The van der Waals surface area contributed by atoms with Crippen LogP contribution >= 0.6 is 23.2 Å². The van der Waals surface area contributed by atoms with Crippen molar-refractivity contribution in [3.05, 3.63) is 24.0 Å². The average Bonchev–Trinajstić information content (AvgIpc) is 2.54. The monoisotopic (exact) mass is 537 g/mol. The number of hydrogen-bond donors (Lipinski definition) is 1. The third-order valence-corrected chi connectivity index (χ3v) is 8.69. The van der Waals surface area contributed by atoms with Gasteiger partial charge in [0.05, 0.1) is 22.5 Å². The van der Waals surface area contributed by atoms with Gasteiger partial charge in [-0.25, -0.2) is 33.7 Å². The van der Waals surface area contributed by atoms with E-state index in [2.05, 4.69) is 13.2 Å². The lowest BCUT2D eigenvalue weighted by molar-refractivity contribution is 0.581. The van der Waals surface area contributed by atoms with Gasteiger partial charge < -0.3 is 5.73 Å². The van der Waals surface area contributed by atoms with E-state index in [4.69, 9.17) is 28.9 Å². The van der Waals surface area contributed by atoms with E-state index in [9.17, 15) is 33.7 Å². The van der Waals surface area contributed by atoms with Crippen molar-refractivity contribution in [1.29, 1.82) is 0 Å². The van der Waals surface area contributed by atoms with Crippen molar-refractivity contribution in [2.45, 2.75) is 11.7 Å². The fourth-order valence-corrected chi connectivity index (χ4v) is 5.37. The van der Waals surface area contributed by atoms with Gasteiger partial charge in [-0.3, -0.25) is 0 Å². The molecule has 0 heterocycles. The highest BCUT2D eigenvalue weighted by molar-refractivity contribution is 7.95. The first-order chi connectivity index (χ1) is 12.9. The van der Waals surface area contributed by atoms with Crippen molar-refractivity contribution in [3.8, 4) is 0 Å². The van der Waals surface area contributed by atoms with Gasteiger partial charge in [0.2, 0.25) is 0 Å². The Hall–Kier alpha value is -0.180. The molecule has 0 aromatic heterocycles. The summed E-state index contributed by atoms with van der Waals surface area (Å²) < 4.78 is 85.3. The highest BCUT2D eigenvalue weighted by Gasteiger charge is 2.22. The lowest BCUT2D eigenvalue weighted by atomic mass is 10.3. The minimum atomic E-state index is -3.50. The number of nitrogens with two attached hydrogens (primary N) is 1. The van der Waals surface area contributed by atoms with Gasteiger partial charge in [0.15, 0.2) is 19.7 Å². The number of alkyl halides is 2. The standard InChI is InChI=1S/C8H15NO4S2.2C3H7ClO2S/c1-3-14(10,11)6-5-8(7-9)15(12,13)4-2;2*1-7(5,6)3-2-4/h3-4,8H,1-2,5-7,9H2;2*2-3H2,1H3. The first-order valence-corrected chi connectivity index (χ1v) is 16.3. The predicted octanol–water partition coefficient (Wildman–Crippen LogP) is 0.360. The smallest absolute Gasteiger partial charge is 0.175 e. The van der Waals surface area contributed by atoms with E-state index in [-0.39, 0.29) is 42.0 Å². The normalized spacial score (nSPS) is 13.1. The summed E-state index contributed by atoms with van der Waals surface area (Å²) in [4.78, 5) is 0. The molecule has 0 saturated carbocycles. The highest BCUT2D eigenvalue weighted by atomic mass is 35.5. The molecule has 0 fully saturated rings. The van der Waals surface area contributed by atoms with Crippen molar-refractivity contribution < 1.29 is 33.7 Å². The van der Waals surface area contributed by atoms with Crippen LogP contribution in [0.5, 0.6) is 0 Å². The van der Waals surface area contributed by atoms with Crippen molar-refractivity contribution in [2.24, 2.45) is 5.73 Å². The van der Waals surface area contributed by atoms with Crippen molar-refractivity contribution in [2.75, 3.05) is 48.1 Å². The van der Waals surface area contributed by atoms with Crippen LogP contribution in [0.2, 0.25) is 0 Å². The van der Waals surface area contributed by atoms with Crippen molar-refractivity contribution >= 4 is 62.6 Å². The van der Waals surface area contributed by atoms with Crippen LogP contribution in [0.15, 0.2) is 24.0 Å². The summed E-state index contributed by atoms with van der Waals surface area (Å²) in [6, 6.07) is 0. The Bertz CT molecular complexity index is 861. The SMILES string of the molecule is C=CS(=O)(=O)CCC(CN)S(=O)(=O)C=C.CS(=O)(=O)CCCl.CS(=O)(=O)CCCl. The van der Waals surface area contributed by atoms with E-state index in [1.807, 2.05) is 0 Å². The zero-order valence-corrected chi connectivity index (χ0v) is 21.1. The molecular weight excluding hydrogens is 509 g/mol. The Morgan fingerprint density at radius 3 is 1.34 bits per heavy atom. The van der Waals surface area contributed by atoms with E-state index in [1.54, 1.807) is 0 Å². The molecule has 0 rings (SSSR count). The Morgan fingerprint density at radius 1 is 0.793 bits per heavy atom. The van der Waals surface area contributed by atoms with Crippen LogP contribution in [0.25, 0.3) is 0 Å². The molecule has 0 aliphatic rings. The molecule has 0 aliphatic heterocycles. The second-order valence-corrected chi connectivity index (χ2v) is 15.1. The van der Waals surface area contributed by atoms with E-state index >= 15 is 0 Å². The Kier molecular flexibility index (Phi) is 18.0. The summed E-state index contributed by atoms with van der Waals surface area (Å²) >= 11 is 10.2. The molecule has 15 heteroatoms.